The summed E-state index contributed by atoms with van der Waals surface area (Å²) in [7, 11) is -4.07. The third kappa shape index (κ3) is 5.73. The van der Waals surface area contributed by atoms with Crippen LogP contribution in [-0.4, -0.2) is 25.3 Å². The number of aryl methyl sites for hydroxylation is 1. The van der Waals surface area contributed by atoms with Crippen molar-refractivity contribution in [3.63, 3.8) is 0 Å². The van der Waals surface area contributed by atoms with E-state index in [2.05, 4.69) is 6.92 Å². The Morgan fingerprint density at radius 2 is 1.47 bits per heavy atom. The van der Waals surface area contributed by atoms with Gasteiger partial charge in [0.25, 0.3) is 5.91 Å². The summed E-state index contributed by atoms with van der Waals surface area (Å²) in [5, 5.41) is 0. The quantitative estimate of drug-likeness (QED) is 0.438. The van der Waals surface area contributed by atoms with E-state index in [-0.39, 0.29) is 22.6 Å². The molecule has 0 aromatic heterocycles. The molecule has 3 aromatic rings. The van der Waals surface area contributed by atoms with Gasteiger partial charge in [0.2, 0.25) is 0 Å². The Morgan fingerprint density at radius 3 is 2.00 bits per heavy atom. The summed E-state index contributed by atoms with van der Waals surface area (Å²) in [5.74, 6) is -0.462. The van der Waals surface area contributed by atoms with E-state index in [9.17, 15) is 17.6 Å². The van der Waals surface area contributed by atoms with Gasteiger partial charge in [-0.05, 0) is 79.9 Å². The molecule has 5 nitrogen and oxygen atoms in total. The summed E-state index contributed by atoms with van der Waals surface area (Å²) < 4.78 is 42.9. The van der Waals surface area contributed by atoms with Crippen molar-refractivity contribution in [1.82, 2.24) is 4.90 Å². The Bertz CT molecular complexity index is 1160. The summed E-state index contributed by atoms with van der Waals surface area (Å²) in [5.41, 5.74) is 2.63. The molecule has 0 atom stereocenters. The van der Waals surface area contributed by atoms with E-state index in [0.29, 0.717) is 12.1 Å². The summed E-state index contributed by atoms with van der Waals surface area (Å²) in [6.45, 7) is 6.34. The fraction of sp³-hybridized carbons (Fsp3) is 0.240. The Labute approximate surface area is 188 Å². The second kappa shape index (κ2) is 9.96. The molecule has 0 aliphatic carbocycles. The first-order valence-electron chi connectivity index (χ1n) is 10.4. The number of hydrogen-bond acceptors (Lipinski definition) is 4. The van der Waals surface area contributed by atoms with Crippen LogP contribution in [0.25, 0.3) is 0 Å². The van der Waals surface area contributed by atoms with Gasteiger partial charge >= 0.3 is 10.1 Å². The van der Waals surface area contributed by atoms with Gasteiger partial charge < -0.3 is 9.08 Å². The van der Waals surface area contributed by atoms with E-state index in [1.807, 2.05) is 38.1 Å². The topological polar surface area (TPSA) is 63.7 Å². The molecule has 0 aliphatic rings. The van der Waals surface area contributed by atoms with Crippen molar-refractivity contribution in [2.75, 3.05) is 0 Å². The molecular weight excluding hydrogens is 429 g/mol. The van der Waals surface area contributed by atoms with Crippen LogP contribution in [-0.2, 0) is 23.1 Å². The molecule has 0 bridgehead atoms. The van der Waals surface area contributed by atoms with E-state index in [4.69, 9.17) is 4.18 Å². The SMILES string of the molecule is CCc1ccc(C(=O)N(Cc2ccc(OS(=O)(=O)c3ccc(F)cc3)cc2)C(C)C)cc1. The summed E-state index contributed by atoms with van der Waals surface area (Å²) in [4.78, 5) is 14.6. The lowest BCUT2D eigenvalue weighted by molar-refractivity contribution is 0.0690. The van der Waals surface area contributed by atoms with Gasteiger partial charge in [-0.3, -0.25) is 4.79 Å². The highest BCUT2D eigenvalue weighted by molar-refractivity contribution is 7.87. The van der Waals surface area contributed by atoms with Crippen molar-refractivity contribution in [3.05, 3.63) is 95.3 Å². The Hall–Kier alpha value is -3.19. The number of benzene rings is 3. The minimum atomic E-state index is -4.07. The molecule has 0 radical (unpaired) electrons. The second-order valence-electron chi connectivity index (χ2n) is 7.71. The Kier molecular flexibility index (Phi) is 7.30. The van der Waals surface area contributed by atoms with Crippen LogP contribution < -0.4 is 4.18 Å². The van der Waals surface area contributed by atoms with Gasteiger partial charge in [0.1, 0.15) is 16.5 Å². The van der Waals surface area contributed by atoms with Crippen LogP contribution in [0, 0.1) is 5.82 Å². The number of carbonyl (C=O) groups is 1. The first-order chi connectivity index (χ1) is 15.2. The average molecular weight is 456 g/mol. The molecule has 0 heterocycles. The van der Waals surface area contributed by atoms with Crippen molar-refractivity contribution in [2.45, 2.75) is 44.7 Å². The number of nitrogens with zero attached hydrogens (tertiary/aromatic N) is 1. The molecule has 0 N–H and O–H groups in total. The molecule has 0 saturated carbocycles. The Balaban J connectivity index is 1.72. The minimum absolute atomic E-state index is 0.0249. The van der Waals surface area contributed by atoms with Gasteiger partial charge in [-0.15, -0.1) is 0 Å². The Morgan fingerprint density at radius 1 is 0.906 bits per heavy atom. The third-order valence-corrected chi connectivity index (χ3v) is 6.34. The predicted molar refractivity (Wildman–Crippen MR) is 121 cm³/mol. The maximum absolute atomic E-state index is 13.0. The maximum Gasteiger partial charge on any atom is 0.339 e. The number of carbonyl (C=O) groups excluding carboxylic acids is 1. The lowest BCUT2D eigenvalue weighted by atomic mass is 10.1. The molecule has 3 rings (SSSR count). The van der Waals surface area contributed by atoms with E-state index >= 15 is 0 Å². The average Bonchev–Trinajstić information content (AvgIpc) is 2.78. The molecule has 1 amide bonds. The highest BCUT2D eigenvalue weighted by atomic mass is 32.2. The standard InChI is InChI=1S/C25H26FNO4S/c1-4-19-5-9-21(10-6-19)25(28)27(18(2)3)17-20-7-13-23(14-8-20)31-32(29,30)24-15-11-22(26)12-16-24/h5-16,18H,4,17H2,1-3H3. The maximum atomic E-state index is 13.0. The molecule has 32 heavy (non-hydrogen) atoms. The molecule has 0 fully saturated rings. The van der Waals surface area contributed by atoms with Gasteiger partial charge in [0, 0.05) is 18.2 Å². The van der Waals surface area contributed by atoms with Crippen LogP contribution in [0.4, 0.5) is 4.39 Å². The lowest BCUT2D eigenvalue weighted by Crippen LogP contribution is -2.36. The van der Waals surface area contributed by atoms with Crippen LogP contribution >= 0.6 is 0 Å². The van der Waals surface area contributed by atoms with Crippen molar-refractivity contribution in [3.8, 4) is 5.75 Å². The third-order valence-electron chi connectivity index (χ3n) is 5.08. The fourth-order valence-electron chi connectivity index (χ4n) is 3.16. The first-order valence-corrected chi connectivity index (χ1v) is 11.8. The van der Waals surface area contributed by atoms with Crippen molar-refractivity contribution in [1.29, 1.82) is 0 Å². The van der Waals surface area contributed by atoms with Gasteiger partial charge in [-0.25, -0.2) is 4.39 Å². The highest BCUT2D eigenvalue weighted by Gasteiger charge is 2.20. The van der Waals surface area contributed by atoms with Crippen LogP contribution in [0.15, 0.2) is 77.7 Å². The van der Waals surface area contributed by atoms with Crippen LogP contribution in [0.5, 0.6) is 5.75 Å². The zero-order valence-electron chi connectivity index (χ0n) is 18.3. The van der Waals surface area contributed by atoms with Gasteiger partial charge in [0.05, 0.1) is 0 Å². The monoisotopic (exact) mass is 455 g/mol. The van der Waals surface area contributed by atoms with E-state index in [0.717, 1.165) is 36.2 Å². The molecular formula is C25H26FNO4S. The number of halogens is 1. The van der Waals surface area contributed by atoms with Crippen LogP contribution in [0.2, 0.25) is 0 Å². The zero-order valence-corrected chi connectivity index (χ0v) is 19.1. The molecule has 0 saturated heterocycles. The van der Waals surface area contributed by atoms with Gasteiger partial charge in [-0.1, -0.05) is 31.2 Å². The second-order valence-corrected chi connectivity index (χ2v) is 9.26. The number of rotatable bonds is 8. The molecule has 0 spiro atoms. The van der Waals surface area contributed by atoms with Crippen LogP contribution in [0.1, 0.15) is 42.3 Å². The molecule has 0 unspecified atom stereocenters. The van der Waals surface area contributed by atoms with Crippen molar-refractivity contribution >= 4 is 16.0 Å². The van der Waals surface area contributed by atoms with E-state index in [1.54, 1.807) is 17.0 Å². The molecule has 168 valence electrons. The summed E-state index contributed by atoms with van der Waals surface area (Å²) >= 11 is 0. The largest absolute Gasteiger partial charge is 0.379 e. The molecule has 3 aromatic carbocycles. The summed E-state index contributed by atoms with van der Waals surface area (Å²) in [6, 6.07) is 18.5. The highest BCUT2D eigenvalue weighted by Crippen LogP contribution is 2.21. The van der Waals surface area contributed by atoms with E-state index in [1.165, 1.54) is 17.7 Å². The van der Waals surface area contributed by atoms with Crippen molar-refractivity contribution in [2.24, 2.45) is 0 Å². The smallest absolute Gasteiger partial charge is 0.339 e. The fourth-order valence-corrected chi connectivity index (χ4v) is 4.09. The number of amides is 1. The zero-order chi connectivity index (χ0) is 23.3. The summed E-state index contributed by atoms with van der Waals surface area (Å²) in [6.07, 6.45) is 0.910. The first kappa shape index (κ1) is 23.5. The number of hydrogen-bond donors (Lipinski definition) is 0. The molecule has 0 aliphatic heterocycles. The predicted octanol–water partition coefficient (Wildman–Crippen LogP) is 5.21. The minimum Gasteiger partial charge on any atom is -0.379 e. The van der Waals surface area contributed by atoms with Crippen molar-refractivity contribution < 1.29 is 21.8 Å². The molecule has 7 heteroatoms. The normalized spacial score (nSPS) is 11.4. The van der Waals surface area contributed by atoms with E-state index < -0.39 is 15.9 Å². The van der Waals surface area contributed by atoms with Gasteiger partial charge in [0.15, 0.2) is 0 Å². The van der Waals surface area contributed by atoms with Crippen LogP contribution in [0.3, 0.4) is 0 Å². The lowest BCUT2D eigenvalue weighted by Gasteiger charge is -2.27. The van der Waals surface area contributed by atoms with Gasteiger partial charge in [-0.2, -0.15) is 8.42 Å².